The molecule has 1 fully saturated rings. The van der Waals surface area contributed by atoms with Crippen molar-refractivity contribution >= 4 is 22.9 Å². The summed E-state index contributed by atoms with van der Waals surface area (Å²) >= 11 is 7.95. The van der Waals surface area contributed by atoms with Crippen molar-refractivity contribution in [2.75, 3.05) is 13.7 Å². The topological polar surface area (TPSA) is 56.3 Å². The fraction of sp³-hybridized carbons (Fsp3) is 0.529. The SMILES string of the molecule is COc1nccc(C2CC3(CC(C)N2)OCCc2cc(Cl)sc23)n1. The van der Waals surface area contributed by atoms with E-state index in [1.807, 2.05) is 6.07 Å². The van der Waals surface area contributed by atoms with Gasteiger partial charge in [0.25, 0.3) is 0 Å². The van der Waals surface area contributed by atoms with Gasteiger partial charge in [0.15, 0.2) is 0 Å². The summed E-state index contributed by atoms with van der Waals surface area (Å²) in [5.41, 5.74) is 1.99. The average Bonchev–Trinajstić information content (AvgIpc) is 2.96. The molecule has 0 radical (unpaired) electrons. The highest BCUT2D eigenvalue weighted by Crippen LogP contribution is 2.49. The normalized spacial score (nSPS) is 29.5. The maximum absolute atomic E-state index is 6.36. The molecule has 3 atom stereocenters. The van der Waals surface area contributed by atoms with Crippen LogP contribution in [0.5, 0.6) is 6.01 Å². The lowest BCUT2D eigenvalue weighted by molar-refractivity contribution is -0.0958. The van der Waals surface area contributed by atoms with E-state index in [1.165, 1.54) is 10.4 Å². The predicted molar refractivity (Wildman–Crippen MR) is 93.8 cm³/mol. The number of piperidine rings is 1. The zero-order valence-corrected chi connectivity index (χ0v) is 15.3. The number of thiophene rings is 1. The molecule has 4 heterocycles. The molecule has 1 N–H and O–H groups in total. The molecule has 4 rings (SSSR count). The number of aromatic nitrogens is 2. The van der Waals surface area contributed by atoms with Crippen molar-refractivity contribution in [2.24, 2.45) is 0 Å². The second kappa shape index (κ2) is 6.26. The van der Waals surface area contributed by atoms with Crippen LogP contribution in [0.15, 0.2) is 18.3 Å². The fourth-order valence-electron chi connectivity index (χ4n) is 3.90. The standard InChI is InChI=1S/C17H20ClN3O2S/c1-10-8-17(15-11(4-6-23-17)7-14(18)24-15)9-13(20-10)12-3-5-19-16(21-12)22-2/h3,5,7,10,13,20H,4,6,8-9H2,1-2H3. The predicted octanol–water partition coefficient (Wildman–Crippen LogP) is 3.48. The minimum atomic E-state index is -0.279. The highest BCUT2D eigenvalue weighted by molar-refractivity contribution is 7.16. The van der Waals surface area contributed by atoms with Crippen molar-refractivity contribution in [2.45, 2.75) is 43.9 Å². The van der Waals surface area contributed by atoms with E-state index in [2.05, 4.69) is 28.3 Å². The van der Waals surface area contributed by atoms with Gasteiger partial charge >= 0.3 is 6.01 Å². The molecule has 24 heavy (non-hydrogen) atoms. The quantitative estimate of drug-likeness (QED) is 0.882. The maximum Gasteiger partial charge on any atom is 0.316 e. The Morgan fingerprint density at radius 3 is 3.17 bits per heavy atom. The number of nitrogens with zero attached hydrogens (tertiary/aromatic N) is 2. The summed E-state index contributed by atoms with van der Waals surface area (Å²) < 4.78 is 12.4. The summed E-state index contributed by atoms with van der Waals surface area (Å²) in [5.74, 6) is 0. The molecule has 5 nitrogen and oxygen atoms in total. The Morgan fingerprint density at radius 1 is 1.46 bits per heavy atom. The van der Waals surface area contributed by atoms with Crippen LogP contribution in [0.1, 0.15) is 41.9 Å². The molecular formula is C17H20ClN3O2S. The van der Waals surface area contributed by atoms with Gasteiger partial charge in [-0.05, 0) is 37.5 Å². The van der Waals surface area contributed by atoms with Gasteiger partial charge in [-0.15, -0.1) is 11.3 Å². The average molecular weight is 366 g/mol. The van der Waals surface area contributed by atoms with Crippen molar-refractivity contribution < 1.29 is 9.47 Å². The molecule has 1 spiro atoms. The number of nitrogens with one attached hydrogen (secondary N) is 1. The third-order valence-corrected chi connectivity index (χ3v) is 6.28. The van der Waals surface area contributed by atoms with Crippen LogP contribution < -0.4 is 10.1 Å². The van der Waals surface area contributed by atoms with E-state index in [9.17, 15) is 0 Å². The summed E-state index contributed by atoms with van der Waals surface area (Å²) in [6.45, 7) is 2.94. The van der Waals surface area contributed by atoms with Gasteiger partial charge in [0, 0.05) is 23.5 Å². The van der Waals surface area contributed by atoms with Gasteiger partial charge < -0.3 is 14.8 Å². The molecule has 0 aromatic carbocycles. The van der Waals surface area contributed by atoms with Crippen LogP contribution in [-0.2, 0) is 16.8 Å². The lowest BCUT2D eigenvalue weighted by Gasteiger charge is -2.46. The van der Waals surface area contributed by atoms with E-state index in [-0.39, 0.29) is 11.6 Å². The van der Waals surface area contributed by atoms with Gasteiger partial charge in [0.2, 0.25) is 0 Å². The van der Waals surface area contributed by atoms with Crippen LogP contribution >= 0.6 is 22.9 Å². The van der Waals surface area contributed by atoms with E-state index in [1.54, 1.807) is 24.6 Å². The molecule has 3 unspecified atom stereocenters. The number of ether oxygens (including phenoxy) is 2. The molecular weight excluding hydrogens is 346 g/mol. The van der Waals surface area contributed by atoms with Crippen LogP contribution in [0, 0.1) is 0 Å². The summed E-state index contributed by atoms with van der Waals surface area (Å²) in [7, 11) is 1.59. The smallest absolute Gasteiger partial charge is 0.316 e. The van der Waals surface area contributed by atoms with Crippen LogP contribution in [0.3, 0.4) is 0 Å². The van der Waals surface area contributed by atoms with E-state index < -0.39 is 0 Å². The number of hydrogen-bond acceptors (Lipinski definition) is 6. The zero-order chi connectivity index (χ0) is 16.7. The molecule has 2 aromatic rings. The molecule has 0 bridgehead atoms. The summed E-state index contributed by atoms with van der Waals surface area (Å²) in [4.78, 5) is 9.91. The van der Waals surface area contributed by atoms with Gasteiger partial charge in [-0.3, -0.25) is 0 Å². The monoisotopic (exact) mass is 365 g/mol. The zero-order valence-electron chi connectivity index (χ0n) is 13.7. The van der Waals surface area contributed by atoms with Crippen molar-refractivity contribution in [1.29, 1.82) is 0 Å². The van der Waals surface area contributed by atoms with Crippen LogP contribution in [0.4, 0.5) is 0 Å². The molecule has 2 aliphatic heterocycles. The van der Waals surface area contributed by atoms with Gasteiger partial charge in [0.1, 0.15) is 5.60 Å². The minimum Gasteiger partial charge on any atom is -0.467 e. The Kier molecular flexibility index (Phi) is 4.24. The Balaban J connectivity index is 1.71. The first-order valence-corrected chi connectivity index (χ1v) is 9.35. The molecule has 128 valence electrons. The fourth-order valence-corrected chi connectivity index (χ4v) is 5.36. The van der Waals surface area contributed by atoms with Gasteiger partial charge in [-0.25, -0.2) is 4.98 Å². The molecule has 0 saturated carbocycles. The Labute approximate surface area is 150 Å². The van der Waals surface area contributed by atoms with E-state index >= 15 is 0 Å². The highest BCUT2D eigenvalue weighted by Gasteiger charge is 2.46. The van der Waals surface area contributed by atoms with Crippen molar-refractivity contribution in [3.8, 4) is 6.01 Å². The maximum atomic E-state index is 6.36. The largest absolute Gasteiger partial charge is 0.467 e. The Morgan fingerprint density at radius 2 is 2.33 bits per heavy atom. The van der Waals surface area contributed by atoms with Crippen LogP contribution in [0.2, 0.25) is 4.34 Å². The lowest BCUT2D eigenvalue weighted by atomic mass is 9.79. The lowest BCUT2D eigenvalue weighted by Crippen LogP contribution is -2.49. The summed E-state index contributed by atoms with van der Waals surface area (Å²) in [6, 6.07) is 4.85. The first-order valence-electron chi connectivity index (χ1n) is 8.15. The molecule has 2 aliphatic rings. The van der Waals surface area contributed by atoms with Gasteiger partial charge in [-0.2, -0.15) is 4.98 Å². The minimum absolute atomic E-state index is 0.0949. The first kappa shape index (κ1) is 16.3. The third-order valence-electron chi connectivity index (χ3n) is 4.79. The van der Waals surface area contributed by atoms with E-state index in [0.29, 0.717) is 12.1 Å². The Bertz CT molecular complexity index is 753. The Hall–Kier alpha value is -1.21. The van der Waals surface area contributed by atoms with Crippen LogP contribution in [0.25, 0.3) is 0 Å². The second-order valence-electron chi connectivity index (χ2n) is 6.49. The number of rotatable bonds is 2. The number of halogens is 1. The van der Waals surface area contributed by atoms with Crippen molar-refractivity contribution in [3.05, 3.63) is 38.8 Å². The second-order valence-corrected chi connectivity index (χ2v) is 8.18. The van der Waals surface area contributed by atoms with E-state index in [0.717, 1.165) is 35.9 Å². The summed E-state index contributed by atoms with van der Waals surface area (Å²) in [5, 5.41) is 3.64. The summed E-state index contributed by atoms with van der Waals surface area (Å²) in [6.07, 6.45) is 4.45. The van der Waals surface area contributed by atoms with Crippen molar-refractivity contribution in [3.63, 3.8) is 0 Å². The van der Waals surface area contributed by atoms with Crippen LogP contribution in [-0.4, -0.2) is 29.7 Å². The van der Waals surface area contributed by atoms with Crippen molar-refractivity contribution in [1.82, 2.24) is 15.3 Å². The third kappa shape index (κ3) is 2.81. The number of fused-ring (bicyclic) bond motifs is 2. The molecule has 7 heteroatoms. The highest BCUT2D eigenvalue weighted by atomic mass is 35.5. The first-order chi connectivity index (χ1) is 11.6. The number of methoxy groups -OCH3 is 1. The molecule has 2 aromatic heterocycles. The molecule has 0 aliphatic carbocycles. The van der Waals surface area contributed by atoms with E-state index in [4.69, 9.17) is 21.1 Å². The molecule has 0 amide bonds. The molecule has 1 saturated heterocycles. The van der Waals surface area contributed by atoms with Gasteiger partial charge in [-0.1, -0.05) is 11.6 Å². The number of hydrogen-bond donors (Lipinski definition) is 1. The van der Waals surface area contributed by atoms with Gasteiger partial charge in [0.05, 0.1) is 29.8 Å².